The fourth-order valence-electron chi connectivity index (χ4n) is 2.98. The second-order valence-corrected chi connectivity index (χ2v) is 7.33. The van der Waals surface area contributed by atoms with Crippen LogP contribution in [0.5, 0.6) is 0 Å². The molecule has 1 atom stereocenters. The molecule has 1 aliphatic rings. The number of carbonyl (C=O) groups is 1. The molecule has 2 aromatic rings. The van der Waals surface area contributed by atoms with Gasteiger partial charge in [-0.15, -0.1) is 0 Å². The zero-order valence-corrected chi connectivity index (χ0v) is 15.1. The molecule has 136 valence electrons. The number of aromatic nitrogens is 4. The number of fused-ring (bicyclic) bond motifs is 1. The van der Waals surface area contributed by atoms with Gasteiger partial charge in [0.05, 0.1) is 6.54 Å². The first-order valence-electron chi connectivity index (χ1n) is 8.54. The minimum atomic E-state index is -0.640. The van der Waals surface area contributed by atoms with Crippen LogP contribution in [0.25, 0.3) is 0 Å². The second-order valence-electron chi connectivity index (χ2n) is 7.33. The van der Waals surface area contributed by atoms with Crippen LogP contribution in [0.4, 0.5) is 0 Å². The third kappa shape index (κ3) is 3.67. The van der Waals surface area contributed by atoms with Gasteiger partial charge in [0.2, 0.25) is 0 Å². The standard InChI is InChI=1S/C18H21N5O3/c1-18(2,3)26-16(24)14-5-4-6-15-21-22(17(25)23(14)15)11-12-7-8-13(9-19)20-10-12/h7-8,10,14H,4-6,11H2,1-3H3. The predicted octanol–water partition coefficient (Wildman–Crippen LogP) is 1.58. The normalized spacial score (nSPS) is 16.6. The molecule has 0 fully saturated rings. The summed E-state index contributed by atoms with van der Waals surface area (Å²) < 4.78 is 8.25. The maximum Gasteiger partial charge on any atom is 0.347 e. The lowest BCUT2D eigenvalue weighted by Gasteiger charge is -2.26. The topological polar surface area (TPSA) is 103 Å². The van der Waals surface area contributed by atoms with Crippen LogP contribution >= 0.6 is 0 Å². The predicted molar refractivity (Wildman–Crippen MR) is 92.4 cm³/mol. The summed E-state index contributed by atoms with van der Waals surface area (Å²) in [5, 5.41) is 13.2. The fraction of sp³-hybridized carbons (Fsp3) is 0.500. The van der Waals surface area contributed by atoms with Gasteiger partial charge < -0.3 is 4.74 Å². The van der Waals surface area contributed by atoms with Crippen molar-refractivity contribution in [1.29, 1.82) is 5.26 Å². The summed E-state index contributed by atoms with van der Waals surface area (Å²) in [4.78, 5) is 29.3. The Kier molecular flexibility index (Phi) is 4.64. The largest absolute Gasteiger partial charge is 0.458 e. The van der Waals surface area contributed by atoms with Gasteiger partial charge in [0.15, 0.2) is 0 Å². The van der Waals surface area contributed by atoms with Gasteiger partial charge in [-0.2, -0.15) is 10.4 Å². The monoisotopic (exact) mass is 355 g/mol. The Morgan fingerprint density at radius 2 is 2.19 bits per heavy atom. The number of aryl methyl sites for hydroxylation is 1. The molecule has 1 aliphatic heterocycles. The van der Waals surface area contributed by atoms with Crippen molar-refractivity contribution in [2.45, 2.75) is 58.2 Å². The maximum atomic E-state index is 12.8. The minimum absolute atomic E-state index is 0.235. The van der Waals surface area contributed by atoms with E-state index >= 15 is 0 Å². The van der Waals surface area contributed by atoms with Crippen molar-refractivity contribution in [3.05, 3.63) is 45.9 Å². The van der Waals surface area contributed by atoms with Gasteiger partial charge in [0.25, 0.3) is 0 Å². The van der Waals surface area contributed by atoms with E-state index in [1.807, 2.05) is 6.07 Å². The van der Waals surface area contributed by atoms with Gasteiger partial charge in [0.1, 0.15) is 29.2 Å². The van der Waals surface area contributed by atoms with Crippen molar-refractivity contribution >= 4 is 5.97 Å². The first-order valence-corrected chi connectivity index (χ1v) is 8.54. The van der Waals surface area contributed by atoms with Crippen molar-refractivity contribution in [3.8, 4) is 6.07 Å². The highest BCUT2D eigenvalue weighted by molar-refractivity contribution is 5.74. The van der Waals surface area contributed by atoms with Crippen LogP contribution in [0.3, 0.4) is 0 Å². The zero-order chi connectivity index (χ0) is 18.9. The van der Waals surface area contributed by atoms with E-state index in [1.54, 1.807) is 39.1 Å². The maximum absolute atomic E-state index is 12.8. The van der Waals surface area contributed by atoms with E-state index in [-0.39, 0.29) is 12.2 Å². The van der Waals surface area contributed by atoms with Crippen LogP contribution in [0.15, 0.2) is 23.1 Å². The van der Waals surface area contributed by atoms with E-state index in [4.69, 9.17) is 10.00 Å². The quantitative estimate of drug-likeness (QED) is 0.775. The van der Waals surface area contributed by atoms with Crippen molar-refractivity contribution in [2.24, 2.45) is 0 Å². The van der Waals surface area contributed by atoms with Crippen molar-refractivity contribution < 1.29 is 9.53 Å². The van der Waals surface area contributed by atoms with Crippen molar-refractivity contribution in [3.63, 3.8) is 0 Å². The molecule has 0 spiro atoms. The average Bonchev–Trinajstić information content (AvgIpc) is 2.90. The Labute approximate surface area is 151 Å². The average molecular weight is 355 g/mol. The number of hydrogen-bond acceptors (Lipinski definition) is 6. The zero-order valence-electron chi connectivity index (χ0n) is 15.1. The molecule has 0 aliphatic carbocycles. The molecule has 0 aromatic carbocycles. The molecule has 0 bridgehead atoms. The van der Waals surface area contributed by atoms with Gasteiger partial charge >= 0.3 is 11.7 Å². The molecule has 8 nitrogen and oxygen atoms in total. The van der Waals surface area contributed by atoms with Gasteiger partial charge in [-0.1, -0.05) is 6.07 Å². The number of nitrogens with zero attached hydrogens (tertiary/aromatic N) is 5. The molecule has 0 saturated heterocycles. The smallest absolute Gasteiger partial charge is 0.347 e. The third-order valence-corrected chi connectivity index (χ3v) is 4.08. The summed E-state index contributed by atoms with van der Waals surface area (Å²) >= 11 is 0. The lowest BCUT2D eigenvalue weighted by molar-refractivity contribution is -0.159. The molecular formula is C18H21N5O3. The Balaban J connectivity index is 1.88. The van der Waals surface area contributed by atoms with E-state index < -0.39 is 17.6 Å². The molecule has 1 unspecified atom stereocenters. The molecule has 26 heavy (non-hydrogen) atoms. The lowest BCUT2D eigenvalue weighted by Crippen LogP contribution is -2.38. The van der Waals surface area contributed by atoms with Gasteiger partial charge in [-0.25, -0.2) is 19.3 Å². The molecule has 8 heteroatoms. The molecule has 3 rings (SSSR count). The summed E-state index contributed by atoms with van der Waals surface area (Å²) in [6.07, 6.45) is 3.53. The molecule has 0 N–H and O–H groups in total. The minimum Gasteiger partial charge on any atom is -0.458 e. The van der Waals surface area contributed by atoms with E-state index in [0.717, 1.165) is 12.0 Å². The Morgan fingerprint density at radius 1 is 1.42 bits per heavy atom. The third-order valence-electron chi connectivity index (χ3n) is 4.08. The molecule has 3 heterocycles. The van der Waals surface area contributed by atoms with Crippen LogP contribution < -0.4 is 5.69 Å². The van der Waals surface area contributed by atoms with Gasteiger partial charge in [-0.05, 0) is 45.2 Å². The number of carbonyl (C=O) groups excluding carboxylic acids is 1. The van der Waals surface area contributed by atoms with Crippen LogP contribution in [-0.2, 0) is 22.5 Å². The first kappa shape index (κ1) is 17.9. The molecule has 2 aromatic heterocycles. The highest BCUT2D eigenvalue weighted by Gasteiger charge is 2.33. The summed E-state index contributed by atoms with van der Waals surface area (Å²) in [5.41, 5.74) is 0.133. The van der Waals surface area contributed by atoms with Crippen LogP contribution in [0, 0.1) is 11.3 Å². The number of pyridine rings is 1. The summed E-state index contributed by atoms with van der Waals surface area (Å²) in [6.45, 7) is 5.65. The molecular weight excluding hydrogens is 334 g/mol. The van der Waals surface area contributed by atoms with E-state index in [2.05, 4.69) is 10.1 Å². The van der Waals surface area contributed by atoms with E-state index in [9.17, 15) is 9.59 Å². The van der Waals surface area contributed by atoms with Crippen LogP contribution in [-0.4, -0.2) is 30.9 Å². The van der Waals surface area contributed by atoms with Crippen LogP contribution in [0.1, 0.15) is 56.7 Å². The SMILES string of the molecule is CC(C)(C)OC(=O)C1CCCc2nn(Cc3ccc(C#N)nc3)c(=O)n21. The Hall–Kier alpha value is -2.95. The number of rotatable bonds is 3. The highest BCUT2D eigenvalue weighted by atomic mass is 16.6. The Morgan fingerprint density at radius 3 is 2.81 bits per heavy atom. The highest BCUT2D eigenvalue weighted by Crippen LogP contribution is 2.25. The summed E-state index contributed by atoms with van der Waals surface area (Å²) in [5.74, 6) is 0.193. The number of esters is 1. The molecule has 0 amide bonds. The van der Waals surface area contributed by atoms with E-state index in [0.29, 0.717) is 24.4 Å². The second kappa shape index (κ2) is 6.75. The van der Waals surface area contributed by atoms with Crippen molar-refractivity contribution in [2.75, 3.05) is 0 Å². The Bertz CT molecular complexity index is 912. The number of hydrogen-bond donors (Lipinski definition) is 0. The van der Waals surface area contributed by atoms with Crippen LogP contribution in [0.2, 0.25) is 0 Å². The van der Waals surface area contributed by atoms with Gasteiger partial charge in [-0.3, -0.25) is 4.57 Å². The van der Waals surface area contributed by atoms with Gasteiger partial charge in [0, 0.05) is 12.6 Å². The van der Waals surface area contributed by atoms with Crippen molar-refractivity contribution in [1.82, 2.24) is 19.3 Å². The number of ether oxygens (including phenoxy) is 1. The number of nitriles is 1. The summed E-state index contributed by atoms with van der Waals surface area (Å²) in [6, 6.07) is 4.65. The fourth-order valence-corrected chi connectivity index (χ4v) is 2.98. The molecule has 0 radical (unpaired) electrons. The first-order chi connectivity index (χ1) is 12.3. The molecule has 0 saturated carbocycles. The lowest BCUT2D eigenvalue weighted by atomic mass is 10.0. The van der Waals surface area contributed by atoms with E-state index in [1.165, 1.54) is 9.25 Å². The summed E-state index contributed by atoms with van der Waals surface area (Å²) in [7, 11) is 0.